The van der Waals surface area contributed by atoms with E-state index in [-0.39, 0.29) is 30.3 Å². The Morgan fingerprint density at radius 2 is 1.81 bits per heavy atom. The first kappa shape index (κ1) is 19.8. The number of thiophene rings is 1. The molecular formula is C19H26N2O5S. The number of nitrogens with one attached hydrogen (secondary N) is 1. The summed E-state index contributed by atoms with van der Waals surface area (Å²) in [7, 11) is 2.77. The summed E-state index contributed by atoms with van der Waals surface area (Å²) in [5, 5.41) is 3.52. The summed E-state index contributed by atoms with van der Waals surface area (Å²) in [6.07, 6.45) is 5.35. The maximum Gasteiger partial charge on any atom is 0.341 e. The number of likely N-dealkylation sites (tertiary alicyclic amines) is 1. The zero-order chi connectivity index (χ0) is 19.4. The molecule has 148 valence electrons. The van der Waals surface area contributed by atoms with Crippen molar-refractivity contribution in [3.8, 4) is 0 Å². The third kappa shape index (κ3) is 4.50. The quantitative estimate of drug-likeness (QED) is 0.771. The van der Waals surface area contributed by atoms with Gasteiger partial charge >= 0.3 is 11.9 Å². The Morgan fingerprint density at radius 1 is 1.11 bits per heavy atom. The van der Waals surface area contributed by atoms with Gasteiger partial charge in [0.05, 0.1) is 32.2 Å². The molecule has 7 nitrogen and oxygen atoms in total. The van der Waals surface area contributed by atoms with Crippen LogP contribution in [0, 0.1) is 5.92 Å². The normalized spacial score (nSPS) is 17.9. The van der Waals surface area contributed by atoms with Gasteiger partial charge in [0.25, 0.3) is 0 Å². The number of esters is 2. The van der Waals surface area contributed by atoms with E-state index in [9.17, 15) is 14.4 Å². The Labute approximate surface area is 163 Å². The monoisotopic (exact) mass is 394 g/mol. The van der Waals surface area contributed by atoms with Crippen molar-refractivity contribution in [2.75, 3.05) is 39.2 Å². The molecule has 1 aliphatic carbocycles. The topological polar surface area (TPSA) is 84.9 Å². The summed E-state index contributed by atoms with van der Waals surface area (Å²) in [6, 6.07) is 0. The fourth-order valence-electron chi connectivity index (χ4n) is 3.83. The summed E-state index contributed by atoms with van der Waals surface area (Å²) in [6.45, 7) is 1.60. The van der Waals surface area contributed by atoms with Gasteiger partial charge in [-0.05, 0) is 57.2 Å². The first-order valence-corrected chi connectivity index (χ1v) is 10.2. The molecule has 0 saturated carbocycles. The molecule has 1 aromatic rings. The first-order chi connectivity index (χ1) is 13.0. The van der Waals surface area contributed by atoms with E-state index < -0.39 is 0 Å². The van der Waals surface area contributed by atoms with Crippen LogP contribution >= 0.6 is 11.3 Å². The highest BCUT2D eigenvalue weighted by Gasteiger charge is 2.29. The van der Waals surface area contributed by atoms with Gasteiger partial charge in [-0.3, -0.25) is 14.5 Å². The van der Waals surface area contributed by atoms with Gasteiger partial charge in [0.1, 0.15) is 5.00 Å². The van der Waals surface area contributed by atoms with Gasteiger partial charge in [0.15, 0.2) is 0 Å². The van der Waals surface area contributed by atoms with Crippen molar-refractivity contribution in [3.05, 3.63) is 16.0 Å². The Hall–Kier alpha value is -1.93. The van der Waals surface area contributed by atoms with Crippen molar-refractivity contribution in [1.82, 2.24) is 4.90 Å². The Bertz CT molecular complexity index is 722. The lowest BCUT2D eigenvalue weighted by Crippen LogP contribution is -2.41. The molecule has 3 rings (SSSR count). The molecule has 1 aromatic heterocycles. The number of anilines is 1. The third-order valence-electron chi connectivity index (χ3n) is 5.30. The molecule has 1 amide bonds. The molecule has 0 unspecified atom stereocenters. The van der Waals surface area contributed by atoms with Gasteiger partial charge in [-0.1, -0.05) is 0 Å². The Morgan fingerprint density at radius 3 is 2.48 bits per heavy atom. The standard InChI is InChI=1S/C19H26N2O5S/c1-25-18(23)12-7-9-21(10-8-12)11-15(22)20-17-16(19(24)26-2)13-5-3-4-6-14(13)27-17/h12H,3-11H2,1-2H3,(H,20,22). The maximum absolute atomic E-state index is 12.5. The highest BCUT2D eigenvalue weighted by molar-refractivity contribution is 7.17. The van der Waals surface area contributed by atoms with E-state index in [1.54, 1.807) is 0 Å². The molecule has 8 heteroatoms. The maximum atomic E-state index is 12.5. The summed E-state index contributed by atoms with van der Waals surface area (Å²) >= 11 is 1.49. The number of hydrogen-bond acceptors (Lipinski definition) is 7. The number of rotatable bonds is 5. The van der Waals surface area contributed by atoms with Crippen LogP contribution in [0.2, 0.25) is 0 Å². The molecule has 2 aliphatic rings. The number of methoxy groups -OCH3 is 2. The lowest BCUT2D eigenvalue weighted by molar-refractivity contribution is -0.147. The van der Waals surface area contributed by atoms with Crippen molar-refractivity contribution in [1.29, 1.82) is 0 Å². The number of aryl methyl sites for hydroxylation is 1. The van der Waals surface area contributed by atoms with Crippen LogP contribution in [0.1, 0.15) is 46.5 Å². The number of ether oxygens (including phenoxy) is 2. The van der Waals surface area contributed by atoms with Gasteiger partial charge in [-0.25, -0.2) is 4.79 Å². The van der Waals surface area contributed by atoms with E-state index in [1.807, 2.05) is 4.90 Å². The number of carbonyl (C=O) groups excluding carboxylic acids is 3. The smallest absolute Gasteiger partial charge is 0.341 e. The zero-order valence-electron chi connectivity index (χ0n) is 15.8. The molecule has 1 saturated heterocycles. The zero-order valence-corrected chi connectivity index (χ0v) is 16.7. The van der Waals surface area contributed by atoms with E-state index in [2.05, 4.69) is 5.32 Å². The lowest BCUT2D eigenvalue weighted by Gasteiger charge is -2.29. The SMILES string of the molecule is COC(=O)c1c(NC(=O)CN2CCC(C(=O)OC)CC2)sc2c1CCCC2. The van der Waals surface area contributed by atoms with Gasteiger partial charge in [-0.2, -0.15) is 0 Å². The fraction of sp³-hybridized carbons (Fsp3) is 0.632. The molecular weight excluding hydrogens is 368 g/mol. The Balaban J connectivity index is 1.62. The van der Waals surface area contributed by atoms with Crippen molar-refractivity contribution >= 4 is 34.2 Å². The average Bonchev–Trinajstić information content (AvgIpc) is 3.04. The number of piperidine rings is 1. The van der Waals surface area contributed by atoms with Crippen molar-refractivity contribution in [2.24, 2.45) is 5.92 Å². The van der Waals surface area contributed by atoms with Gasteiger partial charge in [0.2, 0.25) is 5.91 Å². The van der Waals surface area contributed by atoms with Crippen LogP contribution in [-0.2, 0) is 31.9 Å². The molecule has 0 aromatic carbocycles. The minimum Gasteiger partial charge on any atom is -0.469 e. The molecule has 0 radical (unpaired) electrons. The second kappa shape index (κ2) is 8.84. The molecule has 1 aliphatic heterocycles. The van der Waals surface area contributed by atoms with Crippen molar-refractivity contribution in [3.63, 3.8) is 0 Å². The van der Waals surface area contributed by atoms with Crippen molar-refractivity contribution < 1.29 is 23.9 Å². The van der Waals surface area contributed by atoms with E-state index >= 15 is 0 Å². The predicted octanol–water partition coefficient (Wildman–Crippen LogP) is 2.24. The minimum atomic E-state index is -0.386. The average molecular weight is 394 g/mol. The van der Waals surface area contributed by atoms with Gasteiger partial charge in [-0.15, -0.1) is 11.3 Å². The fourth-order valence-corrected chi connectivity index (χ4v) is 5.13. The molecule has 27 heavy (non-hydrogen) atoms. The van der Waals surface area contributed by atoms with E-state index in [0.717, 1.165) is 31.2 Å². The highest BCUT2D eigenvalue weighted by atomic mass is 32.1. The van der Waals surface area contributed by atoms with Crippen LogP contribution in [0.3, 0.4) is 0 Å². The third-order valence-corrected chi connectivity index (χ3v) is 6.51. The number of fused-ring (bicyclic) bond motifs is 1. The molecule has 1 fully saturated rings. The van der Waals surface area contributed by atoms with Crippen molar-refractivity contribution in [2.45, 2.75) is 38.5 Å². The Kier molecular flexibility index (Phi) is 6.49. The van der Waals surface area contributed by atoms with E-state index in [1.165, 1.54) is 30.4 Å². The molecule has 0 spiro atoms. The van der Waals surface area contributed by atoms with E-state index in [0.29, 0.717) is 36.5 Å². The summed E-state index contributed by atoms with van der Waals surface area (Å²) in [4.78, 5) is 39.6. The summed E-state index contributed by atoms with van der Waals surface area (Å²) in [5.41, 5.74) is 1.56. The number of amides is 1. The van der Waals surface area contributed by atoms with Crippen LogP contribution in [0.15, 0.2) is 0 Å². The van der Waals surface area contributed by atoms with Crippen LogP contribution < -0.4 is 5.32 Å². The largest absolute Gasteiger partial charge is 0.469 e. The molecule has 0 bridgehead atoms. The second-order valence-electron chi connectivity index (χ2n) is 7.03. The lowest BCUT2D eigenvalue weighted by atomic mass is 9.95. The molecule has 0 atom stereocenters. The summed E-state index contributed by atoms with van der Waals surface area (Å²) < 4.78 is 9.73. The van der Waals surface area contributed by atoms with Crippen LogP contribution in [-0.4, -0.2) is 56.6 Å². The molecule has 2 heterocycles. The predicted molar refractivity (Wildman–Crippen MR) is 102 cm³/mol. The van der Waals surface area contributed by atoms with Gasteiger partial charge < -0.3 is 14.8 Å². The second-order valence-corrected chi connectivity index (χ2v) is 8.13. The van der Waals surface area contributed by atoms with Gasteiger partial charge in [0, 0.05) is 4.88 Å². The minimum absolute atomic E-state index is 0.0794. The van der Waals surface area contributed by atoms with Crippen LogP contribution in [0.4, 0.5) is 5.00 Å². The number of carbonyl (C=O) groups is 3. The summed E-state index contributed by atoms with van der Waals surface area (Å²) in [5.74, 6) is -0.783. The highest BCUT2D eigenvalue weighted by Crippen LogP contribution is 2.38. The number of hydrogen-bond donors (Lipinski definition) is 1. The first-order valence-electron chi connectivity index (χ1n) is 9.36. The number of nitrogens with zero attached hydrogens (tertiary/aromatic N) is 1. The van der Waals surface area contributed by atoms with Crippen LogP contribution in [0.25, 0.3) is 0 Å². The molecule has 1 N–H and O–H groups in total. The van der Waals surface area contributed by atoms with E-state index in [4.69, 9.17) is 9.47 Å². The van der Waals surface area contributed by atoms with Crippen LogP contribution in [0.5, 0.6) is 0 Å².